The van der Waals surface area contributed by atoms with Gasteiger partial charge in [-0.2, -0.15) is 5.26 Å². The van der Waals surface area contributed by atoms with E-state index in [4.69, 9.17) is 10.00 Å². The van der Waals surface area contributed by atoms with Crippen LogP contribution in [0.5, 0.6) is 0 Å². The summed E-state index contributed by atoms with van der Waals surface area (Å²) in [7, 11) is 0. The molecule has 1 aliphatic heterocycles. The minimum Gasteiger partial charge on any atom is -0.374 e. The molecule has 0 aromatic heterocycles. The van der Waals surface area contributed by atoms with Gasteiger partial charge in [0.15, 0.2) is 0 Å². The van der Waals surface area contributed by atoms with E-state index in [0.717, 1.165) is 6.42 Å². The second kappa shape index (κ2) is 5.24. The highest BCUT2D eigenvalue weighted by molar-refractivity contribution is 4.81. The fraction of sp³-hybridized carbons (Fsp3) is 0.909. The normalized spacial score (nSPS) is 30.8. The quantitative estimate of drug-likeness (QED) is 0.670. The molecule has 1 rings (SSSR count). The number of hydrogen-bond donors (Lipinski definition) is 0. The van der Waals surface area contributed by atoms with Gasteiger partial charge in [-0.3, -0.25) is 0 Å². The molecule has 1 saturated heterocycles. The van der Waals surface area contributed by atoms with Gasteiger partial charge in [0.2, 0.25) is 0 Å². The maximum absolute atomic E-state index is 8.57. The van der Waals surface area contributed by atoms with Crippen molar-refractivity contribution in [3.63, 3.8) is 0 Å². The Kier molecular flexibility index (Phi) is 4.24. The molecule has 0 spiro atoms. The van der Waals surface area contributed by atoms with Gasteiger partial charge < -0.3 is 4.74 Å². The summed E-state index contributed by atoms with van der Waals surface area (Å²) < 4.78 is 5.86. The van der Waals surface area contributed by atoms with Gasteiger partial charge in [0, 0.05) is 0 Å². The van der Waals surface area contributed by atoms with E-state index in [2.05, 4.69) is 19.9 Å². The fourth-order valence-corrected chi connectivity index (χ4v) is 1.86. The van der Waals surface area contributed by atoms with Crippen molar-refractivity contribution in [3.8, 4) is 6.07 Å². The molecule has 1 heterocycles. The average Bonchev–Trinajstić information content (AvgIpc) is 2.18. The molecule has 0 bridgehead atoms. The summed E-state index contributed by atoms with van der Waals surface area (Å²) >= 11 is 0. The Bertz CT molecular complexity index is 185. The maximum Gasteiger partial charge on any atom is 0.0708 e. The van der Waals surface area contributed by atoms with Gasteiger partial charge >= 0.3 is 0 Å². The van der Waals surface area contributed by atoms with Gasteiger partial charge in [0.25, 0.3) is 0 Å². The van der Waals surface area contributed by atoms with Crippen molar-refractivity contribution in [1.29, 1.82) is 5.26 Å². The second-order valence-electron chi connectivity index (χ2n) is 3.98. The van der Waals surface area contributed by atoms with E-state index < -0.39 is 0 Å². The van der Waals surface area contributed by atoms with Gasteiger partial charge in [0.05, 0.1) is 24.7 Å². The summed E-state index contributed by atoms with van der Waals surface area (Å²) in [6.07, 6.45) is 5.81. The van der Waals surface area contributed by atoms with Gasteiger partial charge in [0.1, 0.15) is 0 Å². The van der Waals surface area contributed by atoms with Crippen LogP contribution in [-0.4, -0.2) is 12.2 Å². The molecule has 0 aromatic rings. The third-order valence-corrected chi connectivity index (χ3v) is 2.98. The highest BCUT2D eigenvalue weighted by atomic mass is 16.5. The van der Waals surface area contributed by atoms with Crippen LogP contribution in [0.3, 0.4) is 0 Å². The standard InChI is InChI=1S/C11H19NO/c1-3-9(2)11-6-4-5-10(13-11)7-8-12/h9-11H,3-7H2,1-2H3. The highest BCUT2D eigenvalue weighted by Gasteiger charge is 2.25. The van der Waals surface area contributed by atoms with Crippen LogP contribution in [0.25, 0.3) is 0 Å². The average molecular weight is 181 g/mol. The first-order valence-corrected chi connectivity index (χ1v) is 5.30. The lowest BCUT2D eigenvalue weighted by Crippen LogP contribution is -2.31. The largest absolute Gasteiger partial charge is 0.374 e. The minimum atomic E-state index is 0.206. The predicted octanol–water partition coefficient (Wildman–Crippen LogP) is 2.88. The molecule has 0 saturated carbocycles. The third kappa shape index (κ3) is 3.00. The molecule has 1 aliphatic rings. The predicted molar refractivity (Wildman–Crippen MR) is 52.2 cm³/mol. The van der Waals surface area contributed by atoms with E-state index in [9.17, 15) is 0 Å². The van der Waals surface area contributed by atoms with Crippen molar-refractivity contribution in [1.82, 2.24) is 0 Å². The number of hydrogen-bond acceptors (Lipinski definition) is 2. The van der Waals surface area contributed by atoms with Crippen LogP contribution in [-0.2, 0) is 4.74 Å². The van der Waals surface area contributed by atoms with Crippen LogP contribution in [0, 0.1) is 17.2 Å². The summed E-state index contributed by atoms with van der Waals surface area (Å²) in [6, 6.07) is 2.19. The van der Waals surface area contributed by atoms with Crippen molar-refractivity contribution < 1.29 is 4.74 Å². The molecule has 2 heteroatoms. The van der Waals surface area contributed by atoms with Gasteiger partial charge in [-0.1, -0.05) is 20.3 Å². The summed E-state index contributed by atoms with van der Waals surface area (Å²) in [5, 5.41) is 8.57. The van der Waals surface area contributed by atoms with E-state index in [1.165, 1.54) is 19.3 Å². The highest BCUT2D eigenvalue weighted by Crippen LogP contribution is 2.26. The first-order chi connectivity index (χ1) is 6.27. The first kappa shape index (κ1) is 10.5. The molecule has 1 fully saturated rings. The summed E-state index contributed by atoms with van der Waals surface area (Å²) in [6.45, 7) is 4.43. The van der Waals surface area contributed by atoms with Crippen molar-refractivity contribution >= 4 is 0 Å². The fourth-order valence-electron chi connectivity index (χ4n) is 1.86. The Balaban J connectivity index is 2.37. The van der Waals surface area contributed by atoms with E-state index in [1.54, 1.807) is 0 Å². The molecule has 74 valence electrons. The number of ether oxygens (including phenoxy) is 1. The lowest BCUT2D eigenvalue weighted by Gasteiger charge is -2.32. The van der Waals surface area contributed by atoms with Crippen molar-refractivity contribution in [2.45, 2.75) is 58.2 Å². The first-order valence-electron chi connectivity index (χ1n) is 5.30. The zero-order chi connectivity index (χ0) is 9.68. The van der Waals surface area contributed by atoms with Crippen LogP contribution in [0.15, 0.2) is 0 Å². The molecule has 3 atom stereocenters. The Morgan fingerprint density at radius 1 is 1.54 bits per heavy atom. The summed E-state index contributed by atoms with van der Waals surface area (Å²) in [5.74, 6) is 0.640. The monoisotopic (exact) mass is 181 g/mol. The molecule has 0 aliphatic carbocycles. The molecule has 3 unspecified atom stereocenters. The van der Waals surface area contributed by atoms with Crippen LogP contribution >= 0.6 is 0 Å². The number of rotatable bonds is 3. The SMILES string of the molecule is CCC(C)C1CCCC(CC#N)O1. The Hall–Kier alpha value is -0.550. The topological polar surface area (TPSA) is 33.0 Å². The Morgan fingerprint density at radius 3 is 2.92 bits per heavy atom. The summed E-state index contributed by atoms with van der Waals surface area (Å²) in [5.41, 5.74) is 0. The van der Waals surface area contributed by atoms with Crippen LogP contribution in [0.2, 0.25) is 0 Å². The Morgan fingerprint density at radius 2 is 2.31 bits per heavy atom. The van der Waals surface area contributed by atoms with Crippen LogP contribution in [0.4, 0.5) is 0 Å². The van der Waals surface area contributed by atoms with E-state index >= 15 is 0 Å². The van der Waals surface area contributed by atoms with Gasteiger partial charge in [-0.15, -0.1) is 0 Å². The zero-order valence-electron chi connectivity index (χ0n) is 8.62. The smallest absolute Gasteiger partial charge is 0.0708 e. The number of nitriles is 1. The van der Waals surface area contributed by atoms with Crippen molar-refractivity contribution in [2.75, 3.05) is 0 Å². The molecular weight excluding hydrogens is 162 g/mol. The van der Waals surface area contributed by atoms with Crippen LogP contribution in [0.1, 0.15) is 46.0 Å². The molecule has 0 amide bonds. The van der Waals surface area contributed by atoms with E-state index in [1.807, 2.05) is 0 Å². The molecule has 0 N–H and O–H groups in total. The summed E-state index contributed by atoms with van der Waals surface area (Å²) in [4.78, 5) is 0. The van der Waals surface area contributed by atoms with Crippen molar-refractivity contribution in [2.24, 2.45) is 5.92 Å². The molecule has 0 aromatic carbocycles. The molecule has 2 nitrogen and oxygen atoms in total. The lowest BCUT2D eigenvalue weighted by molar-refractivity contribution is -0.0719. The lowest BCUT2D eigenvalue weighted by atomic mass is 9.93. The third-order valence-electron chi connectivity index (χ3n) is 2.98. The maximum atomic E-state index is 8.57. The zero-order valence-corrected chi connectivity index (χ0v) is 8.62. The second-order valence-corrected chi connectivity index (χ2v) is 3.98. The van der Waals surface area contributed by atoms with E-state index in [0.29, 0.717) is 18.4 Å². The van der Waals surface area contributed by atoms with Crippen molar-refractivity contribution in [3.05, 3.63) is 0 Å². The van der Waals surface area contributed by atoms with Gasteiger partial charge in [-0.25, -0.2) is 0 Å². The van der Waals surface area contributed by atoms with Crippen LogP contribution < -0.4 is 0 Å². The number of nitrogens with zero attached hydrogens (tertiary/aromatic N) is 1. The van der Waals surface area contributed by atoms with E-state index in [-0.39, 0.29) is 6.10 Å². The molecular formula is C11H19NO. The minimum absolute atomic E-state index is 0.206. The molecule has 13 heavy (non-hydrogen) atoms. The van der Waals surface area contributed by atoms with Gasteiger partial charge in [-0.05, 0) is 25.2 Å². The molecule has 0 radical (unpaired) electrons. The Labute approximate surface area is 80.9 Å².